The summed E-state index contributed by atoms with van der Waals surface area (Å²) in [6.07, 6.45) is 2.56. The Morgan fingerprint density at radius 1 is 1.20 bits per heavy atom. The highest BCUT2D eigenvalue weighted by atomic mass is 15.1. The van der Waals surface area contributed by atoms with Gasteiger partial charge in [0.25, 0.3) is 0 Å². The van der Waals surface area contributed by atoms with E-state index in [0.717, 1.165) is 12.6 Å². The van der Waals surface area contributed by atoms with Crippen molar-refractivity contribution >= 4 is 0 Å². The minimum absolute atomic E-state index is 0.756. The molecule has 0 aliphatic carbocycles. The summed E-state index contributed by atoms with van der Waals surface area (Å²) in [5, 5.41) is 3.41. The van der Waals surface area contributed by atoms with Crippen LogP contribution in [0.5, 0.6) is 0 Å². The van der Waals surface area contributed by atoms with Crippen LogP contribution in [0.3, 0.4) is 0 Å². The molecule has 0 aromatic heterocycles. The molecule has 1 aromatic rings. The number of nitrogens with one attached hydrogen (secondary N) is 1. The lowest BCUT2D eigenvalue weighted by molar-refractivity contribution is 0.192. The summed E-state index contributed by atoms with van der Waals surface area (Å²) in [4.78, 5) is 2.48. The van der Waals surface area contributed by atoms with Crippen LogP contribution in [0.1, 0.15) is 18.4 Å². The normalized spacial score (nSPS) is 18.3. The first-order chi connectivity index (χ1) is 7.36. The van der Waals surface area contributed by atoms with Crippen molar-refractivity contribution in [2.24, 2.45) is 0 Å². The maximum absolute atomic E-state index is 3.41. The van der Waals surface area contributed by atoms with Crippen molar-refractivity contribution < 1.29 is 0 Å². The van der Waals surface area contributed by atoms with Crippen LogP contribution in [-0.4, -0.2) is 31.1 Å². The fourth-order valence-corrected chi connectivity index (χ4v) is 2.25. The Kier molecular flexibility index (Phi) is 3.75. The smallest absolute Gasteiger partial charge is 0.0233 e. The molecular weight excluding hydrogens is 184 g/mol. The summed E-state index contributed by atoms with van der Waals surface area (Å²) < 4.78 is 0. The molecule has 1 aliphatic rings. The van der Waals surface area contributed by atoms with Crippen molar-refractivity contribution in [3.63, 3.8) is 0 Å². The number of nitrogens with zero attached hydrogens (tertiary/aromatic N) is 1. The van der Waals surface area contributed by atoms with Gasteiger partial charge >= 0.3 is 0 Å². The predicted molar refractivity (Wildman–Crippen MR) is 63.8 cm³/mol. The highest BCUT2D eigenvalue weighted by Crippen LogP contribution is 2.13. The molecule has 1 fully saturated rings. The van der Waals surface area contributed by atoms with E-state index in [-0.39, 0.29) is 0 Å². The third kappa shape index (κ3) is 3.05. The lowest BCUT2D eigenvalue weighted by atomic mass is 10.0. The van der Waals surface area contributed by atoms with Crippen LogP contribution in [0.4, 0.5) is 0 Å². The summed E-state index contributed by atoms with van der Waals surface area (Å²) in [7, 11) is 2.24. The molecule has 0 bridgehead atoms. The van der Waals surface area contributed by atoms with E-state index in [4.69, 9.17) is 0 Å². The minimum atomic E-state index is 0.756. The SMILES string of the molecule is CN(Cc1ccccc1)C1CCNCC1. The third-order valence-corrected chi connectivity index (χ3v) is 3.21. The van der Waals surface area contributed by atoms with Gasteiger partial charge in [0.1, 0.15) is 0 Å². The molecule has 1 saturated heterocycles. The molecule has 0 saturated carbocycles. The van der Waals surface area contributed by atoms with Gasteiger partial charge in [-0.1, -0.05) is 30.3 Å². The van der Waals surface area contributed by atoms with E-state index < -0.39 is 0 Å². The first-order valence-corrected chi connectivity index (χ1v) is 5.81. The third-order valence-electron chi connectivity index (χ3n) is 3.21. The fraction of sp³-hybridized carbons (Fsp3) is 0.538. The topological polar surface area (TPSA) is 15.3 Å². The highest BCUT2D eigenvalue weighted by Gasteiger charge is 2.17. The first kappa shape index (κ1) is 10.7. The van der Waals surface area contributed by atoms with Crippen LogP contribution in [0.25, 0.3) is 0 Å². The lowest BCUT2D eigenvalue weighted by Crippen LogP contribution is -2.40. The molecule has 2 rings (SSSR count). The second-order valence-electron chi connectivity index (χ2n) is 4.38. The van der Waals surface area contributed by atoms with Crippen molar-refractivity contribution in [3.05, 3.63) is 35.9 Å². The van der Waals surface area contributed by atoms with E-state index in [1.165, 1.54) is 31.5 Å². The maximum atomic E-state index is 3.41. The van der Waals surface area contributed by atoms with E-state index in [9.17, 15) is 0 Å². The van der Waals surface area contributed by atoms with Gasteiger partial charge in [-0.2, -0.15) is 0 Å². The molecule has 1 aromatic carbocycles. The number of rotatable bonds is 3. The molecule has 0 spiro atoms. The zero-order valence-corrected chi connectivity index (χ0v) is 9.45. The van der Waals surface area contributed by atoms with Gasteiger partial charge in [-0.3, -0.25) is 4.90 Å². The molecule has 1 aliphatic heterocycles. The van der Waals surface area contributed by atoms with Crippen LogP contribution >= 0.6 is 0 Å². The van der Waals surface area contributed by atoms with E-state index in [1.54, 1.807) is 0 Å². The molecule has 1 N–H and O–H groups in total. The summed E-state index contributed by atoms with van der Waals surface area (Å²) >= 11 is 0. The van der Waals surface area contributed by atoms with Crippen LogP contribution in [-0.2, 0) is 6.54 Å². The largest absolute Gasteiger partial charge is 0.317 e. The van der Waals surface area contributed by atoms with Gasteiger partial charge in [-0.25, -0.2) is 0 Å². The number of piperidine rings is 1. The molecular formula is C13H20N2. The van der Waals surface area contributed by atoms with Crippen molar-refractivity contribution in [1.82, 2.24) is 10.2 Å². The Balaban J connectivity index is 1.88. The van der Waals surface area contributed by atoms with Crippen molar-refractivity contribution in [3.8, 4) is 0 Å². The van der Waals surface area contributed by atoms with Crippen LogP contribution in [0, 0.1) is 0 Å². The zero-order valence-electron chi connectivity index (χ0n) is 9.45. The molecule has 0 amide bonds. The van der Waals surface area contributed by atoms with E-state index in [2.05, 4.69) is 47.6 Å². The Bertz CT molecular complexity index is 278. The zero-order chi connectivity index (χ0) is 10.5. The second-order valence-corrected chi connectivity index (χ2v) is 4.38. The standard InChI is InChI=1S/C13H20N2/c1-15(13-7-9-14-10-8-13)11-12-5-3-2-4-6-12/h2-6,13-14H,7-11H2,1H3. The summed E-state index contributed by atoms with van der Waals surface area (Å²) in [5.41, 5.74) is 1.42. The van der Waals surface area contributed by atoms with Gasteiger partial charge in [0, 0.05) is 12.6 Å². The Hall–Kier alpha value is -0.860. The Morgan fingerprint density at radius 3 is 2.53 bits per heavy atom. The average molecular weight is 204 g/mol. The van der Waals surface area contributed by atoms with Gasteiger partial charge in [0.05, 0.1) is 0 Å². The summed E-state index contributed by atoms with van der Waals surface area (Å²) in [6.45, 7) is 3.42. The molecule has 2 nitrogen and oxygen atoms in total. The molecule has 0 radical (unpaired) electrons. The molecule has 2 heteroatoms. The van der Waals surface area contributed by atoms with Crippen molar-refractivity contribution in [1.29, 1.82) is 0 Å². The number of hydrogen-bond acceptors (Lipinski definition) is 2. The van der Waals surface area contributed by atoms with Gasteiger partial charge < -0.3 is 5.32 Å². The molecule has 0 atom stereocenters. The van der Waals surface area contributed by atoms with E-state index in [0.29, 0.717) is 0 Å². The highest BCUT2D eigenvalue weighted by molar-refractivity contribution is 5.14. The van der Waals surface area contributed by atoms with Gasteiger partial charge in [-0.15, -0.1) is 0 Å². The van der Waals surface area contributed by atoms with Gasteiger partial charge in [0.2, 0.25) is 0 Å². The van der Waals surface area contributed by atoms with E-state index in [1.807, 2.05) is 0 Å². The Morgan fingerprint density at radius 2 is 1.87 bits per heavy atom. The van der Waals surface area contributed by atoms with Gasteiger partial charge in [-0.05, 0) is 38.5 Å². The van der Waals surface area contributed by atoms with Gasteiger partial charge in [0.15, 0.2) is 0 Å². The molecule has 1 heterocycles. The Labute approximate surface area is 92.3 Å². The van der Waals surface area contributed by atoms with Crippen molar-refractivity contribution in [2.75, 3.05) is 20.1 Å². The van der Waals surface area contributed by atoms with Crippen LogP contribution < -0.4 is 5.32 Å². The van der Waals surface area contributed by atoms with Crippen molar-refractivity contribution in [2.45, 2.75) is 25.4 Å². The summed E-state index contributed by atoms with van der Waals surface area (Å²) in [5.74, 6) is 0. The predicted octanol–water partition coefficient (Wildman–Crippen LogP) is 1.87. The molecule has 15 heavy (non-hydrogen) atoms. The number of benzene rings is 1. The second kappa shape index (κ2) is 5.29. The molecule has 0 unspecified atom stereocenters. The summed E-state index contributed by atoms with van der Waals surface area (Å²) in [6, 6.07) is 11.5. The van der Waals surface area contributed by atoms with Crippen LogP contribution in [0.15, 0.2) is 30.3 Å². The molecule has 82 valence electrons. The quantitative estimate of drug-likeness (QED) is 0.808. The number of hydrogen-bond donors (Lipinski definition) is 1. The maximum Gasteiger partial charge on any atom is 0.0233 e. The van der Waals surface area contributed by atoms with E-state index >= 15 is 0 Å². The minimum Gasteiger partial charge on any atom is -0.317 e. The first-order valence-electron chi connectivity index (χ1n) is 5.81. The monoisotopic (exact) mass is 204 g/mol. The average Bonchev–Trinajstić information content (AvgIpc) is 2.31. The lowest BCUT2D eigenvalue weighted by Gasteiger charge is -2.31. The fourth-order valence-electron chi connectivity index (χ4n) is 2.25. The van der Waals surface area contributed by atoms with Crippen LogP contribution in [0.2, 0.25) is 0 Å².